The fraction of sp³-hybridized carbons (Fsp3) is 0.235. The maximum atomic E-state index is 13.7. The number of rotatable bonds is 7. The molecule has 0 saturated carbocycles. The van der Waals surface area contributed by atoms with Crippen molar-refractivity contribution in [3.8, 4) is 0 Å². The van der Waals surface area contributed by atoms with E-state index in [1.165, 1.54) is 25.4 Å². The van der Waals surface area contributed by atoms with Crippen molar-refractivity contribution in [1.82, 2.24) is 10.0 Å². The summed E-state index contributed by atoms with van der Waals surface area (Å²) in [4.78, 5) is 31.6. The molecule has 132 valence electrons. The molecule has 3 amide bonds. The molecule has 8 heteroatoms. The molecule has 0 atom stereocenters. The molecule has 2 aromatic rings. The molecule has 0 radical (unpaired) electrons. The van der Waals surface area contributed by atoms with E-state index in [4.69, 9.17) is 4.84 Å². The van der Waals surface area contributed by atoms with Crippen LogP contribution in [-0.4, -0.2) is 36.1 Å². The molecule has 1 heterocycles. The second-order valence-electron chi connectivity index (χ2n) is 5.35. The van der Waals surface area contributed by atoms with E-state index in [0.717, 1.165) is 10.8 Å². The Balaban J connectivity index is 1.95. The predicted octanol–water partition coefficient (Wildman–Crippen LogP) is 2.74. The third-order valence-electron chi connectivity index (χ3n) is 3.22. The number of hydrogen-bond acceptors (Lipinski definition) is 4. The van der Waals surface area contributed by atoms with Gasteiger partial charge in [0, 0.05) is 18.4 Å². The number of halogens is 1. The highest BCUT2D eigenvalue weighted by molar-refractivity contribution is 5.99. The minimum absolute atomic E-state index is 0.208. The number of aryl methyl sites for hydroxylation is 1. The number of pyridine rings is 1. The average Bonchev–Trinajstić information content (AvgIpc) is 2.56. The summed E-state index contributed by atoms with van der Waals surface area (Å²) in [5.41, 5.74) is 2.32. The molecule has 25 heavy (non-hydrogen) atoms. The molecule has 0 aliphatic heterocycles. The summed E-state index contributed by atoms with van der Waals surface area (Å²) in [6, 6.07) is 7.19. The molecule has 7 nitrogen and oxygen atoms in total. The minimum atomic E-state index is -0.501. The Hall–Kier alpha value is -3.00. The van der Waals surface area contributed by atoms with E-state index in [1.807, 2.05) is 6.92 Å². The molecule has 2 rings (SSSR count). The van der Waals surface area contributed by atoms with E-state index < -0.39 is 11.8 Å². The monoisotopic (exact) mass is 346 g/mol. The van der Waals surface area contributed by atoms with Gasteiger partial charge in [0.05, 0.1) is 18.5 Å². The molecule has 0 saturated heterocycles. The summed E-state index contributed by atoms with van der Waals surface area (Å²) >= 11 is 0. The molecule has 1 aromatic heterocycles. The van der Waals surface area contributed by atoms with Crippen LogP contribution in [0.5, 0.6) is 0 Å². The maximum Gasteiger partial charge on any atom is 0.323 e. The average molecular weight is 346 g/mol. The fourth-order valence-corrected chi connectivity index (χ4v) is 2.04. The minimum Gasteiger partial charge on any atom is -0.308 e. The SMILES string of the molecule is Cc1ccc(NC(=O)Nc2cc(F)cc(CCON(C)C=O)c2)cn1. The normalized spacial score (nSPS) is 10.2. The lowest BCUT2D eigenvalue weighted by molar-refractivity contribution is -0.162. The van der Waals surface area contributed by atoms with Gasteiger partial charge in [0.15, 0.2) is 0 Å². The van der Waals surface area contributed by atoms with Gasteiger partial charge in [-0.05, 0) is 49.2 Å². The first kappa shape index (κ1) is 18.3. The number of nitrogens with one attached hydrogen (secondary N) is 2. The zero-order chi connectivity index (χ0) is 18.2. The van der Waals surface area contributed by atoms with Crippen LogP contribution in [-0.2, 0) is 16.1 Å². The fourth-order valence-electron chi connectivity index (χ4n) is 2.04. The zero-order valence-corrected chi connectivity index (χ0v) is 14.0. The van der Waals surface area contributed by atoms with Gasteiger partial charge in [0.2, 0.25) is 6.41 Å². The summed E-state index contributed by atoms with van der Waals surface area (Å²) in [6.07, 6.45) is 2.45. The van der Waals surface area contributed by atoms with E-state index >= 15 is 0 Å². The summed E-state index contributed by atoms with van der Waals surface area (Å²) in [5.74, 6) is -0.478. The standard InChI is InChI=1S/C17H19FN4O3/c1-12-3-4-15(10-19-12)20-17(24)21-16-8-13(7-14(18)9-16)5-6-25-22(2)11-23/h3-4,7-11H,5-6H2,1-2H3,(H2,20,21,24). The zero-order valence-electron chi connectivity index (χ0n) is 14.0. The second-order valence-corrected chi connectivity index (χ2v) is 5.35. The molecule has 0 bridgehead atoms. The van der Waals surface area contributed by atoms with Gasteiger partial charge in [-0.2, -0.15) is 0 Å². The third kappa shape index (κ3) is 6.19. The van der Waals surface area contributed by atoms with E-state index in [2.05, 4.69) is 15.6 Å². The first-order chi connectivity index (χ1) is 12.0. The van der Waals surface area contributed by atoms with Crippen molar-refractivity contribution in [3.05, 3.63) is 53.6 Å². The molecular formula is C17H19FN4O3. The lowest BCUT2D eigenvalue weighted by atomic mass is 10.1. The van der Waals surface area contributed by atoms with Crippen molar-refractivity contribution < 1.29 is 18.8 Å². The van der Waals surface area contributed by atoms with Crippen LogP contribution in [0.3, 0.4) is 0 Å². The first-order valence-electron chi connectivity index (χ1n) is 7.57. The van der Waals surface area contributed by atoms with Crippen molar-refractivity contribution >= 4 is 23.8 Å². The quantitative estimate of drug-likeness (QED) is 0.596. The van der Waals surface area contributed by atoms with Gasteiger partial charge in [0.25, 0.3) is 0 Å². The number of nitrogens with zero attached hydrogens (tertiary/aromatic N) is 2. The van der Waals surface area contributed by atoms with Gasteiger partial charge in [0.1, 0.15) is 5.82 Å². The number of carbonyl (C=O) groups is 2. The maximum absolute atomic E-state index is 13.7. The number of hydroxylamine groups is 2. The van der Waals surface area contributed by atoms with Crippen LogP contribution in [0.4, 0.5) is 20.6 Å². The number of hydrogen-bond donors (Lipinski definition) is 2. The van der Waals surface area contributed by atoms with E-state index in [1.54, 1.807) is 18.2 Å². The summed E-state index contributed by atoms with van der Waals surface area (Å²) in [5, 5.41) is 6.22. The second kappa shape index (κ2) is 8.74. The molecule has 2 N–H and O–H groups in total. The number of anilines is 2. The number of urea groups is 1. The molecule has 0 spiro atoms. The van der Waals surface area contributed by atoms with Gasteiger partial charge >= 0.3 is 6.03 Å². The first-order valence-corrected chi connectivity index (χ1v) is 7.57. The van der Waals surface area contributed by atoms with Crippen molar-refractivity contribution in [2.75, 3.05) is 24.3 Å². The molecular weight excluding hydrogens is 327 g/mol. The van der Waals surface area contributed by atoms with Crippen molar-refractivity contribution in [3.63, 3.8) is 0 Å². The Morgan fingerprint density at radius 2 is 2.04 bits per heavy atom. The highest BCUT2D eigenvalue weighted by Crippen LogP contribution is 2.15. The van der Waals surface area contributed by atoms with E-state index in [-0.39, 0.29) is 6.61 Å². The van der Waals surface area contributed by atoms with Crippen molar-refractivity contribution in [1.29, 1.82) is 0 Å². The van der Waals surface area contributed by atoms with Crippen LogP contribution in [0.15, 0.2) is 36.5 Å². The lowest BCUT2D eigenvalue weighted by Gasteiger charge is -2.12. The highest BCUT2D eigenvalue weighted by Gasteiger charge is 2.07. The summed E-state index contributed by atoms with van der Waals surface area (Å²) < 4.78 is 13.7. The third-order valence-corrected chi connectivity index (χ3v) is 3.22. The molecule has 0 aliphatic rings. The molecule has 0 aliphatic carbocycles. The number of benzene rings is 1. The van der Waals surface area contributed by atoms with E-state index in [0.29, 0.717) is 29.8 Å². The summed E-state index contributed by atoms with van der Waals surface area (Å²) in [6.45, 7) is 2.05. The van der Waals surface area contributed by atoms with E-state index in [9.17, 15) is 14.0 Å². The molecule has 0 unspecified atom stereocenters. The largest absolute Gasteiger partial charge is 0.323 e. The smallest absolute Gasteiger partial charge is 0.308 e. The number of aromatic nitrogens is 1. The Morgan fingerprint density at radius 3 is 2.72 bits per heavy atom. The Morgan fingerprint density at radius 1 is 1.28 bits per heavy atom. The van der Waals surface area contributed by atoms with Crippen molar-refractivity contribution in [2.24, 2.45) is 0 Å². The summed E-state index contributed by atoms with van der Waals surface area (Å²) in [7, 11) is 1.47. The van der Waals surface area contributed by atoms with Gasteiger partial charge < -0.3 is 10.6 Å². The molecule has 0 fully saturated rings. The van der Waals surface area contributed by atoms with Crippen LogP contribution in [0.25, 0.3) is 0 Å². The van der Waals surface area contributed by atoms with Crippen LogP contribution >= 0.6 is 0 Å². The van der Waals surface area contributed by atoms with Gasteiger partial charge in [-0.1, -0.05) is 0 Å². The van der Waals surface area contributed by atoms with Crippen LogP contribution in [0.1, 0.15) is 11.3 Å². The number of carbonyl (C=O) groups excluding carboxylic acids is 2. The van der Waals surface area contributed by atoms with Gasteiger partial charge in [-0.15, -0.1) is 0 Å². The van der Waals surface area contributed by atoms with Crippen molar-refractivity contribution in [2.45, 2.75) is 13.3 Å². The van der Waals surface area contributed by atoms with Crippen LogP contribution in [0, 0.1) is 12.7 Å². The number of amides is 3. The Labute approximate surface area is 144 Å². The molecule has 1 aromatic carbocycles. The topological polar surface area (TPSA) is 83.6 Å². The van der Waals surface area contributed by atoms with Gasteiger partial charge in [-0.25, -0.2) is 14.2 Å². The van der Waals surface area contributed by atoms with Crippen LogP contribution in [0.2, 0.25) is 0 Å². The van der Waals surface area contributed by atoms with Crippen LogP contribution < -0.4 is 10.6 Å². The predicted molar refractivity (Wildman–Crippen MR) is 91.5 cm³/mol. The Kier molecular flexibility index (Phi) is 6.41. The lowest BCUT2D eigenvalue weighted by Crippen LogP contribution is -2.20. The van der Waals surface area contributed by atoms with Gasteiger partial charge in [-0.3, -0.25) is 14.6 Å². The highest BCUT2D eigenvalue weighted by atomic mass is 19.1. The Bertz CT molecular complexity index is 737.